The summed E-state index contributed by atoms with van der Waals surface area (Å²) in [7, 11) is 1.75. The Bertz CT molecular complexity index is 439. The minimum absolute atomic E-state index is 0.0782. The third-order valence-corrected chi connectivity index (χ3v) is 3.74. The molecule has 0 fully saturated rings. The van der Waals surface area contributed by atoms with Gasteiger partial charge in [0.15, 0.2) is 0 Å². The number of nitrogens with two attached hydrogens (primary N) is 1. The predicted molar refractivity (Wildman–Crippen MR) is 101 cm³/mol. The number of carbonyl (C=O) groups is 2. The van der Waals surface area contributed by atoms with Crippen molar-refractivity contribution < 1.29 is 14.7 Å². The van der Waals surface area contributed by atoms with Gasteiger partial charge in [-0.25, -0.2) is 4.79 Å². The molecule has 0 aliphatic heterocycles. The molecule has 0 bridgehead atoms. The average molecular weight is 358 g/mol. The number of rotatable bonds is 12. The van der Waals surface area contributed by atoms with Crippen molar-refractivity contribution in [1.29, 1.82) is 0 Å². The standard InChI is InChI=1S/C17H31N3O3S/c1-12(2)9-15(17(22)23)20-16(21)13(10-19-3)7-5-4-6-8-14(18)11-24/h5-8,12-15,19,24H,4,9-11,18H2,1-3H3,(H,20,21)(H,22,23)/b7-5-,8-6+. The summed E-state index contributed by atoms with van der Waals surface area (Å²) in [5.74, 6) is -0.948. The van der Waals surface area contributed by atoms with Gasteiger partial charge in [-0.15, -0.1) is 0 Å². The summed E-state index contributed by atoms with van der Waals surface area (Å²) in [4.78, 5) is 23.6. The number of carboxylic acids is 1. The van der Waals surface area contributed by atoms with Crippen LogP contribution in [0.2, 0.25) is 0 Å². The van der Waals surface area contributed by atoms with E-state index in [0.717, 1.165) is 0 Å². The lowest BCUT2D eigenvalue weighted by atomic mass is 10.0. The molecule has 0 saturated heterocycles. The molecule has 0 heterocycles. The lowest BCUT2D eigenvalue weighted by Crippen LogP contribution is -2.45. The predicted octanol–water partition coefficient (Wildman–Crippen LogP) is 1.20. The normalized spacial score (nSPS) is 15.8. The van der Waals surface area contributed by atoms with Gasteiger partial charge >= 0.3 is 5.97 Å². The van der Waals surface area contributed by atoms with Crippen molar-refractivity contribution in [2.45, 2.75) is 38.8 Å². The van der Waals surface area contributed by atoms with Crippen molar-refractivity contribution in [3.63, 3.8) is 0 Å². The largest absolute Gasteiger partial charge is 0.480 e. The molecule has 0 aromatic heterocycles. The monoisotopic (exact) mass is 357 g/mol. The third-order valence-electron chi connectivity index (χ3n) is 3.32. The van der Waals surface area contributed by atoms with E-state index in [4.69, 9.17) is 5.73 Å². The molecule has 0 saturated carbocycles. The van der Waals surface area contributed by atoms with Gasteiger partial charge in [0, 0.05) is 18.3 Å². The van der Waals surface area contributed by atoms with Crippen molar-refractivity contribution in [1.82, 2.24) is 10.6 Å². The summed E-state index contributed by atoms with van der Waals surface area (Å²) < 4.78 is 0. The van der Waals surface area contributed by atoms with Crippen LogP contribution in [0.4, 0.5) is 0 Å². The van der Waals surface area contributed by atoms with Crippen molar-refractivity contribution in [2.75, 3.05) is 19.3 Å². The van der Waals surface area contributed by atoms with Crippen LogP contribution < -0.4 is 16.4 Å². The average Bonchev–Trinajstić information content (AvgIpc) is 2.51. The minimum Gasteiger partial charge on any atom is -0.480 e. The fourth-order valence-corrected chi connectivity index (χ4v) is 2.20. The topological polar surface area (TPSA) is 104 Å². The van der Waals surface area contributed by atoms with Gasteiger partial charge in [0.1, 0.15) is 6.04 Å². The van der Waals surface area contributed by atoms with Gasteiger partial charge < -0.3 is 21.5 Å². The van der Waals surface area contributed by atoms with Crippen molar-refractivity contribution in [2.24, 2.45) is 17.6 Å². The Kier molecular flexibility index (Phi) is 12.3. The minimum atomic E-state index is -1.01. The lowest BCUT2D eigenvalue weighted by Gasteiger charge is -2.19. The Morgan fingerprint density at radius 3 is 2.38 bits per heavy atom. The van der Waals surface area contributed by atoms with Gasteiger partial charge in [-0.1, -0.05) is 38.2 Å². The summed E-state index contributed by atoms with van der Waals surface area (Å²) >= 11 is 4.10. The van der Waals surface area contributed by atoms with E-state index >= 15 is 0 Å². The highest BCUT2D eigenvalue weighted by Gasteiger charge is 2.24. The van der Waals surface area contributed by atoms with Crippen LogP contribution in [0, 0.1) is 11.8 Å². The fourth-order valence-electron chi connectivity index (χ4n) is 2.08. The first kappa shape index (κ1) is 22.7. The van der Waals surface area contributed by atoms with E-state index in [2.05, 4.69) is 23.3 Å². The van der Waals surface area contributed by atoms with E-state index in [1.165, 1.54) is 0 Å². The highest BCUT2D eigenvalue weighted by molar-refractivity contribution is 7.80. The van der Waals surface area contributed by atoms with E-state index < -0.39 is 17.9 Å². The summed E-state index contributed by atoms with van der Waals surface area (Å²) in [5, 5.41) is 14.8. The van der Waals surface area contributed by atoms with Crippen LogP contribution in [-0.2, 0) is 9.59 Å². The number of amides is 1. The maximum absolute atomic E-state index is 12.3. The number of hydrogen-bond acceptors (Lipinski definition) is 5. The number of carbonyl (C=O) groups excluding carboxylic acids is 1. The number of aliphatic carboxylic acids is 1. The van der Waals surface area contributed by atoms with Crippen LogP contribution in [-0.4, -0.2) is 48.4 Å². The van der Waals surface area contributed by atoms with E-state index in [1.54, 1.807) is 13.1 Å². The second kappa shape index (κ2) is 13.0. The number of hydrogen-bond donors (Lipinski definition) is 5. The first-order valence-electron chi connectivity index (χ1n) is 8.19. The van der Waals surface area contributed by atoms with Crippen LogP contribution >= 0.6 is 12.6 Å². The molecule has 6 nitrogen and oxygen atoms in total. The number of allylic oxidation sites excluding steroid dienone is 2. The third kappa shape index (κ3) is 10.5. The molecular weight excluding hydrogens is 326 g/mol. The van der Waals surface area contributed by atoms with Crippen LogP contribution in [0.1, 0.15) is 26.7 Å². The van der Waals surface area contributed by atoms with E-state index in [0.29, 0.717) is 25.1 Å². The molecule has 0 rings (SSSR count). The van der Waals surface area contributed by atoms with Crippen molar-refractivity contribution in [3.8, 4) is 0 Å². The summed E-state index contributed by atoms with van der Waals surface area (Å²) in [6.45, 7) is 4.29. The van der Waals surface area contributed by atoms with Crippen LogP contribution in [0.5, 0.6) is 0 Å². The van der Waals surface area contributed by atoms with Gasteiger partial charge in [0.05, 0.1) is 5.92 Å². The highest BCUT2D eigenvalue weighted by atomic mass is 32.1. The zero-order chi connectivity index (χ0) is 18.5. The highest BCUT2D eigenvalue weighted by Crippen LogP contribution is 2.07. The molecule has 3 unspecified atom stereocenters. The summed E-state index contributed by atoms with van der Waals surface area (Å²) in [5.41, 5.74) is 5.72. The van der Waals surface area contributed by atoms with E-state index in [-0.39, 0.29) is 17.9 Å². The Morgan fingerprint density at radius 2 is 1.88 bits per heavy atom. The van der Waals surface area contributed by atoms with Gasteiger partial charge in [-0.05, 0) is 25.8 Å². The molecule has 3 atom stereocenters. The van der Waals surface area contributed by atoms with Gasteiger partial charge in [-0.3, -0.25) is 4.79 Å². The molecule has 1 amide bonds. The van der Waals surface area contributed by atoms with Crippen LogP contribution in [0.15, 0.2) is 24.3 Å². The molecule has 0 radical (unpaired) electrons. The molecule has 0 spiro atoms. The lowest BCUT2D eigenvalue weighted by molar-refractivity contribution is -0.142. The quantitative estimate of drug-likeness (QED) is 0.267. The van der Waals surface area contributed by atoms with Crippen molar-refractivity contribution in [3.05, 3.63) is 24.3 Å². The zero-order valence-corrected chi connectivity index (χ0v) is 15.6. The van der Waals surface area contributed by atoms with Gasteiger partial charge in [0.2, 0.25) is 5.91 Å². The second-order valence-electron chi connectivity index (χ2n) is 6.13. The molecule has 0 aromatic carbocycles. The SMILES string of the molecule is CNCC(/C=C\C/C=C/C(N)CS)C(=O)NC(CC(C)C)C(=O)O. The molecule has 7 heteroatoms. The molecule has 0 aliphatic rings. The first-order valence-corrected chi connectivity index (χ1v) is 8.82. The molecule has 138 valence electrons. The number of thiol groups is 1. The fraction of sp³-hybridized carbons (Fsp3) is 0.647. The molecule has 24 heavy (non-hydrogen) atoms. The van der Waals surface area contributed by atoms with E-state index in [9.17, 15) is 14.7 Å². The van der Waals surface area contributed by atoms with E-state index in [1.807, 2.05) is 32.1 Å². The zero-order valence-electron chi connectivity index (χ0n) is 14.7. The Labute approximate surface area is 150 Å². The molecular formula is C17H31N3O3S. The molecule has 0 aromatic rings. The second-order valence-corrected chi connectivity index (χ2v) is 6.50. The Hall–Kier alpha value is -1.31. The first-order chi connectivity index (χ1) is 11.3. The maximum atomic E-state index is 12.3. The van der Waals surface area contributed by atoms with Crippen molar-refractivity contribution >= 4 is 24.5 Å². The Morgan fingerprint density at radius 1 is 1.25 bits per heavy atom. The maximum Gasteiger partial charge on any atom is 0.326 e. The summed E-state index contributed by atoms with van der Waals surface area (Å²) in [6, 6.07) is -0.941. The summed E-state index contributed by atoms with van der Waals surface area (Å²) in [6.07, 6.45) is 8.51. The van der Waals surface area contributed by atoms with Gasteiger partial charge in [0.25, 0.3) is 0 Å². The van der Waals surface area contributed by atoms with Crippen LogP contribution in [0.25, 0.3) is 0 Å². The number of nitrogens with one attached hydrogen (secondary N) is 2. The Balaban J connectivity index is 4.69. The van der Waals surface area contributed by atoms with Crippen LogP contribution in [0.3, 0.4) is 0 Å². The molecule has 0 aliphatic carbocycles. The molecule has 5 N–H and O–H groups in total. The smallest absolute Gasteiger partial charge is 0.326 e. The number of carboxylic acid groups (broad SMARTS) is 1. The van der Waals surface area contributed by atoms with Gasteiger partial charge in [-0.2, -0.15) is 12.6 Å².